The third kappa shape index (κ3) is 7.16. The average Bonchev–Trinajstić information content (AvgIpc) is 2.80. The van der Waals surface area contributed by atoms with E-state index in [9.17, 15) is 9.59 Å². The summed E-state index contributed by atoms with van der Waals surface area (Å²) < 4.78 is 5.11. The first kappa shape index (κ1) is 21.8. The van der Waals surface area contributed by atoms with Crippen molar-refractivity contribution < 1.29 is 14.3 Å². The molecule has 0 bridgehead atoms. The van der Waals surface area contributed by atoms with E-state index >= 15 is 0 Å². The summed E-state index contributed by atoms with van der Waals surface area (Å²) in [5.41, 5.74) is 3.92. The summed E-state index contributed by atoms with van der Waals surface area (Å²) in [6.45, 7) is 0.262. The molecular weight excluding hydrogens is 388 g/mol. The van der Waals surface area contributed by atoms with Crippen LogP contribution in [0.1, 0.15) is 23.1 Å². The van der Waals surface area contributed by atoms with Gasteiger partial charge in [-0.2, -0.15) is 0 Å². The van der Waals surface area contributed by atoms with Crippen molar-refractivity contribution in [3.05, 3.63) is 102 Å². The Morgan fingerprint density at radius 3 is 2.35 bits per heavy atom. The van der Waals surface area contributed by atoms with Gasteiger partial charge in [0, 0.05) is 24.7 Å². The zero-order chi connectivity index (χ0) is 21.9. The number of nitrogens with one attached hydrogen (secondary N) is 2. The van der Waals surface area contributed by atoms with Crippen LogP contribution in [0.2, 0.25) is 0 Å². The van der Waals surface area contributed by atoms with E-state index in [0.29, 0.717) is 0 Å². The van der Waals surface area contributed by atoms with Crippen LogP contribution < -0.4 is 15.4 Å². The molecule has 5 nitrogen and oxygen atoms in total. The number of para-hydroxylation sites is 1. The third-order valence-electron chi connectivity index (χ3n) is 4.72. The van der Waals surface area contributed by atoms with Crippen LogP contribution in [0.3, 0.4) is 0 Å². The van der Waals surface area contributed by atoms with Gasteiger partial charge in [-0.25, -0.2) is 0 Å². The number of rotatable bonds is 9. The highest BCUT2D eigenvalue weighted by Crippen LogP contribution is 2.19. The van der Waals surface area contributed by atoms with E-state index in [0.717, 1.165) is 29.0 Å². The topological polar surface area (TPSA) is 67.4 Å². The van der Waals surface area contributed by atoms with Crippen LogP contribution in [-0.2, 0) is 16.0 Å². The quantitative estimate of drug-likeness (QED) is 0.509. The number of methoxy groups -OCH3 is 1. The van der Waals surface area contributed by atoms with Gasteiger partial charge >= 0.3 is 0 Å². The molecule has 0 aliphatic heterocycles. The number of hydrogen-bond acceptors (Lipinski definition) is 3. The maximum atomic E-state index is 12.3. The fourth-order valence-electron chi connectivity index (χ4n) is 3.07. The van der Waals surface area contributed by atoms with Crippen LogP contribution in [0.4, 0.5) is 5.69 Å². The second-order valence-electron chi connectivity index (χ2n) is 7.02. The Hall–Kier alpha value is -3.86. The monoisotopic (exact) mass is 414 g/mol. The second-order valence-corrected chi connectivity index (χ2v) is 7.02. The number of hydrogen-bond donors (Lipinski definition) is 2. The molecule has 0 aliphatic carbocycles. The van der Waals surface area contributed by atoms with Crippen LogP contribution in [0.5, 0.6) is 5.75 Å². The van der Waals surface area contributed by atoms with E-state index < -0.39 is 0 Å². The summed E-state index contributed by atoms with van der Waals surface area (Å²) >= 11 is 0. The Labute approximate surface area is 182 Å². The highest BCUT2D eigenvalue weighted by atomic mass is 16.5. The minimum atomic E-state index is -0.243. The van der Waals surface area contributed by atoms with Gasteiger partial charge in [0.2, 0.25) is 11.8 Å². The van der Waals surface area contributed by atoms with Gasteiger partial charge in [0.25, 0.3) is 0 Å². The Kier molecular flexibility index (Phi) is 8.00. The Bertz CT molecular complexity index is 1030. The molecule has 0 unspecified atom stereocenters. The summed E-state index contributed by atoms with van der Waals surface area (Å²) in [5, 5.41) is 5.69. The summed E-state index contributed by atoms with van der Waals surface area (Å²) in [6.07, 6.45) is 4.11. The maximum absolute atomic E-state index is 12.3. The number of carbonyl (C=O) groups is 2. The van der Waals surface area contributed by atoms with E-state index in [1.165, 1.54) is 11.6 Å². The fraction of sp³-hybridized carbons (Fsp3) is 0.154. The molecule has 3 aromatic carbocycles. The molecule has 0 saturated heterocycles. The molecule has 2 N–H and O–H groups in total. The molecule has 3 aromatic rings. The molecule has 0 aromatic heterocycles. The van der Waals surface area contributed by atoms with E-state index in [2.05, 4.69) is 22.8 Å². The Balaban J connectivity index is 1.46. The summed E-state index contributed by atoms with van der Waals surface area (Å²) in [4.78, 5) is 24.3. The Morgan fingerprint density at radius 2 is 1.61 bits per heavy atom. The molecule has 0 fully saturated rings. The van der Waals surface area contributed by atoms with Crippen LogP contribution >= 0.6 is 0 Å². The van der Waals surface area contributed by atoms with E-state index in [1.54, 1.807) is 13.2 Å². The molecule has 3 rings (SSSR count). The lowest BCUT2D eigenvalue weighted by atomic mass is 10.0. The van der Waals surface area contributed by atoms with Crippen molar-refractivity contribution in [2.75, 3.05) is 19.0 Å². The number of ether oxygens (including phenoxy) is 1. The third-order valence-corrected chi connectivity index (χ3v) is 4.72. The van der Waals surface area contributed by atoms with Crippen molar-refractivity contribution in [3.8, 4) is 5.75 Å². The van der Waals surface area contributed by atoms with Gasteiger partial charge in [-0.05, 0) is 47.4 Å². The lowest BCUT2D eigenvalue weighted by Gasteiger charge is -2.11. The van der Waals surface area contributed by atoms with Gasteiger partial charge in [0.1, 0.15) is 5.75 Å². The summed E-state index contributed by atoms with van der Waals surface area (Å²) in [5.74, 6) is 0.381. The van der Waals surface area contributed by atoms with Crippen molar-refractivity contribution in [3.63, 3.8) is 0 Å². The minimum Gasteiger partial charge on any atom is -0.497 e. The van der Waals surface area contributed by atoms with Gasteiger partial charge in [-0.3, -0.25) is 9.59 Å². The number of amides is 2. The first-order chi connectivity index (χ1) is 15.1. The van der Waals surface area contributed by atoms with Gasteiger partial charge in [0.15, 0.2) is 0 Å². The van der Waals surface area contributed by atoms with Gasteiger partial charge < -0.3 is 15.4 Å². The number of carbonyl (C=O) groups excluding carboxylic acids is 2. The Morgan fingerprint density at radius 1 is 0.903 bits per heavy atom. The highest BCUT2D eigenvalue weighted by molar-refractivity contribution is 5.94. The smallest absolute Gasteiger partial charge is 0.244 e. The number of benzene rings is 3. The molecule has 0 heterocycles. The van der Waals surface area contributed by atoms with Crippen LogP contribution in [-0.4, -0.2) is 25.5 Å². The van der Waals surface area contributed by atoms with E-state index in [-0.39, 0.29) is 24.8 Å². The fourth-order valence-corrected chi connectivity index (χ4v) is 3.07. The number of anilines is 1. The molecule has 0 radical (unpaired) electrons. The zero-order valence-corrected chi connectivity index (χ0v) is 17.5. The molecule has 0 atom stereocenters. The molecule has 0 aliphatic rings. The molecule has 2 amide bonds. The van der Waals surface area contributed by atoms with E-state index in [1.807, 2.05) is 66.7 Å². The van der Waals surface area contributed by atoms with Crippen molar-refractivity contribution in [1.82, 2.24) is 5.32 Å². The average molecular weight is 415 g/mol. The molecule has 158 valence electrons. The van der Waals surface area contributed by atoms with Crippen LogP contribution in [0.15, 0.2) is 84.9 Å². The SMILES string of the molecule is COc1ccc(/C=C/C(=O)NCCC(=O)Nc2ccccc2Cc2ccccc2)cc1. The normalized spacial score (nSPS) is 10.6. The molecular formula is C26H26N2O3. The van der Waals surface area contributed by atoms with Crippen molar-refractivity contribution in [1.29, 1.82) is 0 Å². The first-order valence-corrected chi connectivity index (χ1v) is 10.2. The van der Waals surface area contributed by atoms with Crippen molar-refractivity contribution in [2.45, 2.75) is 12.8 Å². The van der Waals surface area contributed by atoms with E-state index in [4.69, 9.17) is 4.74 Å². The van der Waals surface area contributed by atoms with Gasteiger partial charge in [0.05, 0.1) is 7.11 Å². The first-order valence-electron chi connectivity index (χ1n) is 10.2. The minimum absolute atomic E-state index is 0.139. The van der Waals surface area contributed by atoms with Gasteiger partial charge in [-0.1, -0.05) is 60.7 Å². The predicted molar refractivity (Wildman–Crippen MR) is 124 cm³/mol. The second kappa shape index (κ2) is 11.4. The summed E-state index contributed by atoms with van der Waals surface area (Å²) in [6, 6.07) is 25.3. The molecule has 0 spiro atoms. The highest BCUT2D eigenvalue weighted by Gasteiger charge is 2.08. The lowest BCUT2D eigenvalue weighted by Crippen LogP contribution is -2.26. The molecule has 5 heteroatoms. The maximum Gasteiger partial charge on any atom is 0.244 e. The standard InChI is InChI=1S/C26H26N2O3/c1-31-23-14-11-20(12-15-23)13-16-25(29)27-18-17-26(30)28-24-10-6-5-9-22(24)19-21-7-3-2-4-8-21/h2-16H,17-19H2,1H3,(H,27,29)(H,28,30)/b16-13+. The molecule has 0 saturated carbocycles. The van der Waals surface area contributed by atoms with Crippen LogP contribution in [0, 0.1) is 0 Å². The van der Waals surface area contributed by atoms with Gasteiger partial charge in [-0.15, -0.1) is 0 Å². The lowest BCUT2D eigenvalue weighted by molar-refractivity contribution is -0.117. The van der Waals surface area contributed by atoms with Crippen molar-refractivity contribution >= 4 is 23.6 Å². The zero-order valence-electron chi connectivity index (χ0n) is 17.5. The van der Waals surface area contributed by atoms with Crippen LogP contribution in [0.25, 0.3) is 6.08 Å². The van der Waals surface area contributed by atoms with Crippen molar-refractivity contribution in [2.24, 2.45) is 0 Å². The molecule has 31 heavy (non-hydrogen) atoms. The largest absolute Gasteiger partial charge is 0.497 e. The summed E-state index contributed by atoms with van der Waals surface area (Å²) in [7, 11) is 1.61. The predicted octanol–water partition coefficient (Wildman–Crippen LogP) is 4.44.